The number of hydrogen-bond acceptors (Lipinski definition) is 6. The molecule has 4 rings (SSSR count). The molecule has 1 saturated heterocycles. The zero-order valence-corrected chi connectivity index (χ0v) is 14.7. The highest BCUT2D eigenvalue weighted by atomic mass is 15.3. The number of H-pyrrole nitrogens is 1. The summed E-state index contributed by atoms with van der Waals surface area (Å²) < 4.78 is 0. The molecular weight excluding hydrogens is 314 g/mol. The minimum absolute atomic E-state index is 0.641. The summed E-state index contributed by atoms with van der Waals surface area (Å²) in [4.78, 5) is 21.5. The summed E-state index contributed by atoms with van der Waals surface area (Å²) in [5.41, 5.74) is 4.26. The fraction of sp³-hybridized carbons (Fsp3) is 0.389. The number of fused-ring (bicyclic) bond motifs is 1. The summed E-state index contributed by atoms with van der Waals surface area (Å²) in [6.07, 6.45) is 3.78. The van der Waals surface area contributed by atoms with E-state index in [-0.39, 0.29) is 0 Å². The van der Waals surface area contributed by atoms with Gasteiger partial charge in [0.25, 0.3) is 0 Å². The number of piperazine rings is 1. The maximum absolute atomic E-state index is 4.61. The topological polar surface area (TPSA) is 73.0 Å². The minimum Gasteiger partial charge on any atom is -0.352 e. The molecule has 1 aliphatic rings. The standard InChI is InChI=1S/C18H23N7/c1-13-4-3-5-15-16(13)23-17(22-15)19-10-14-11-20-18(21-12-14)25-8-6-24(2)7-9-25/h3-5,11-12H,6-10H2,1-2H3,(H2,19,22,23). The second-order valence-electron chi connectivity index (χ2n) is 6.59. The fourth-order valence-electron chi connectivity index (χ4n) is 3.05. The van der Waals surface area contributed by atoms with E-state index in [0.29, 0.717) is 6.54 Å². The van der Waals surface area contributed by atoms with Crippen molar-refractivity contribution in [1.29, 1.82) is 0 Å². The summed E-state index contributed by atoms with van der Waals surface area (Å²) in [5.74, 6) is 1.59. The van der Waals surface area contributed by atoms with Crippen LogP contribution >= 0.6 is 0 Å². The monoisotopic (exact) mass is 337 g/mol. The Balaban J connectivity index is 1.40. The highest BCUT2D eigenvalue weighted by molar-refractivity contribution is 5.80. The van der Waals surface area contributed by atoms with Gasteiger partial charge in [-0.3, -0.25) is 0 Å². The Bertz CT molecular complexity index is 847. The van der Waals surface area contributed by atoms with E-state index < -0.39 is 0 Å². The van der Waals surface area contributed by atoms with Gasteiger partial charge >= 0.3 is 0 Å². The number of likely N-dealkylation sites (N-methyl/N-ethyl adjacent to an activating group) is 1. The normalized spacial score (nSPS) is 15.7. The summed E-state index contributed by atoms with van der Waals surface area (Å²) in [6.45, 7) is 6.77. The average Bonchev–Trinajstić information content (AvgIpc) is 3.06. The summed E-state index contributed by atoms with van der Waals surface area (Å²) in [5, 5.41) is 3.32. The second kappa shape index (κ2) is 6.68. The number of benzene rings is 1. The van der Waals surface area contributed by atoms with E-state index in [2.05, 4.69) is 55.1 Å². The molecule has 1 aromatic carbocycles. The van der Waals surface area contributed by atoms with Crippen molar-refractivity contribution >= 4 is 22.9 Å². The Morgan fingerprint density at radius 3 is 2.60 bits per heavy atom. The lowest BCUT2D eigenvalue weighted by atomic mass is 10.2. The van der Waals surface area contributed by atoms with Crippen molar-refractivity contribution in [1.82, 2.24) is 24.8 Å². The molecular formula is C18H23N7. The molecule has 0 spiro atoms. The van der Waals surface area contributed by atoms with Crippen LogP contribution in [0.25, 0.3) is 11.0 Å². The molecule has 0 atom stereocenters. The van der Waals surface area contributed by atoms with Crippen molar-refractivity contribution in [3.8, 4) is 0 Å². The number of hydrogen-bond donors (Lipinski definition) is 2. The number of aryl methyl sites for hydroxylation is 1. The van der Waals surface area contributed by atoms with Gasteiger partial charge in [-0.05, 0) is 25.6 Å². The first kappa shape index (κ1) is 15.8. The molecule has 3 heterocycles. The molecule has 7 nitrogen and oxygen atoms in total. The van der Waals surface area contributed by atoms with Crippen molar-refractivity contribution in [3.05, 3.63) is 41.7 Å². The van der Waals surface area contributed by atoms with Gasteiger partial charge in [-0.1, -0.05) is 12.1 Å². The van der Waals surface area contributed by atoms with Crippen LogP contribution < -0.4 is 10.2 Å². The van der Waals surface area contributed by atoms with Crippen molar-refractivity contribution in [3.63, 3.8) is 0 Å². The van der Waals surface area contributed by atoms with Crippen molar-refractivity contribution < 1.29 is 0 Å². The lowest BCUT2D eigenvalue weighted by Gasteiger charge is -2.32. The first-order valence-electron chi connectivity index (χ1n) is 8.63. The van der Waals surface area contributed by atoms with Gasteiger partial charge in [0.1, 0.15) is 0 Å². The molecule has 0 bridgehead atoms. The maximum atomic E-state index is 4.61. The van der Waals surface area contributed by atoms with E-state index >= 15 is 0 Å². The van der Waals surface area contributed by atoms with Crippen molar-refractivity contribution in [2.45, 2.75) is 13.5 Å². The molecule has 2 aromatic heterocycles. The number of aromatic nitrogens is 4. The third-order valence-electron chi connectivity index (χ3n) is 4.65. The molecule has 0 amide bonds. The minimum atomic E-state index is 0.641. The zero-order chi connectivity index (χ0) is 17.2. The van der Waals surface area contributed by atoms with Crippen molar-refractivity contribution in [2.24, 2.45) is 0 Å². The second-order valence-corrected chi connectivity index (χ2v) is 6.59. The number of anilines is 2. The third kappa shape index (κ3) is 3.41. The van der Waals surface area contributed by atoms with E-state index in [4.69, 9.17) is 0 Å². The predicted octanol–water partition coefficient (Wildman–Crippen LogP) is 2.03. The Morgan fingerprint density at radius 2 is 1.88 bits per heavy atom. The molecule has 0 radical (unpaired) electrons. The molecule has 7 heteroatoms. The SMILES string of the molecule is Cc1cccc2[nH]c(NCc3cnc(N4CCN(C)CC4)nc3)nc12. The number of para-hydroxylation sites is 1. The quantitative estimate of drug-likeness (QED) is 0.759. The largest absolute Gasteiger partial charge is 0.352 e. The zero-order valence-electron chi connectivity index (χ0n) is 14.7. The van der Waals surface area contributed by atoms with Crippen LogP contribution in [0.3, 0.4) is 0 Å². The smallest absolute Gasteiger partial charge is 0.225 e. The first-order valence-corrected chi connectivity index (χ1v) is 8.63. The molecule has 3 aromatic rings. The lowest BCUT2D eigenvalue weighted by molar-refractivity contribution is 0.311. The summed E-state index contributed by atoms with van der Waals surface area (Å²) in [7, 11) is 2.15. The predicted molar refractivity (Wildman–Crippen MR) is 99.9 cm³/mol. The Hall–Kier alpha value is -2.67. The van der Waals surface area contributed by atoms with Gasteiger partial charge in [0.2, 0.25) is 11.9 Å². The molecule has 130 valence electrons. The summed E-state index contributed by atoms with van der Waals surface area (Å²) in [6, 6.07) is 6.14. The highest BCUT2D eigenvalue weighted by Gasteiger charge is 2.16. The maximum Gasteiger partial charge on any atom is 0.225 e. The van der Waals surface area contributed by atoms with Gasteiger partial charge in [-0.15, -0.1) is 0 Å². The third-order valence-corrected chi connectivity index (χ3v) is 4.65. The van der Waals surface area contributed by atoms with Crippen molar-refractivity contribution in [2.75, 3.05) is 43.4 Å². The van der Waals surface area contributed by atoms with E-state index in [1.54, 1.807) is 0 Å². The van der Waals surface area contributed by atoms with Crippen LogP contribution in [-0.4, -0.2) is 58.1 Å². The number of nitrogens with one attached hydrogen (secondary N) is 2. The van der Waals surface area contributed by atoms with Crippen LogP contribution in [0.4, 0.5) is 11.9 Å². The van der Waals surface area contributed by atoms with E-state index in [1.165, 1.54) is 5.56 Å². The Kier molecular flexibility index (Phi) is 4.23. The molecule has 1 aliphatic heterocycles. The van der Waals surface area contributed by atoms with Crippen LogP contribution in [0.15, 0.2) is 30.6 Å². The Morgan fingerprint density at radius 1 is 1.12 bits per heavy atom. The number of imidazole rings is 1. The Labute approximate surface area is 147 Å². The number of nitrogens with zero attached hydrogens (tertiary/aromatic N) is 5. The van der Waals surface area contributed by atoms with Gasteiger partial charge in [-0.2, -0.15) is 0 Å². The fourth-order valence-corrected chi connectivity index (χ4v) is 3.05. The van der Waals surface area contributed by atoms with Gasteiger partial charge in [0.15, 0.2) is 0 Å². The van der Waals surface area contributed by atoms with Crippen LogP contribution in [-0.2, 0) is 6.54 Å². The molecule has 2 N–H and O–H groups in total. The molecule has 0 saturated carbocycles. The van der Waals surface area contributed by atoms with Gasteiger partial charge in [-0.25, -0.2) is 15.0 Å². The lowest BCUT2D eigenvalue weighted by Crippen LogP contribution is -2.45. The first-order chi connectivity index (χ1) is 12.2. The van der Waals surface area contributed by atoms with Gasteiger partial charge in [0, 0.05) is 50.7 Å². The van der Waals surface area contributed by atoms with Gasteiger partial charge < -0.3 is 20.1 Å². The highest BCUT2D eigenvalue weighted by Crippen LogP contribution is 2.18. The average molecular weight is 337 g/mol. The van der Waals surface area contributed by atoms with Crippen LogP contribution in [0.5, 0.6) is 0 Å². The van der Waals surface area contributed by atoms with E-state index in [1.807, 2.05) is 24.5 Å². The molecule has 25 heavy (non-hydrogen) atoms. The van der Waals surface area contributed by atoms with Crippen LogP contribution in [0.1, 0.15) is 11.1 Å². The number of aromatic amines is 1. The van der Waals surface area contributed by atoms with Gasteiger partial charge in [0.05, 0.1) is 11.0 Å². The van der Waals surface area contributed by atoms with E-state index in [9.17, 15) is 0 Å². The molecule has 1 fully saturated rings. The number of rotatable bonds is 4. The van der Waals surface area contributed by atoms with Crippen LogP contribution in [0.2, 0.25) is 0 Å². The molecule has 0 unspecified atom stereocenters. The summed E-state index contributed by atoms with van der Waals surface area (Å²) >= 11 is 0. The van der Waals surface area contributed by atoms with E-state index in [0.717, 1.165) is 54.7 Å². The molecule has 0 aliphatic carbocycles. The van der Waals surface area contributed by atoms with Crippen LogP contribution in [0, 0.1) is 6.92 Å².